The predicted molar refractivity (Wildman–Crippen MR) is 129 cm³/mol. The lowest BCUT2D eigenvalue weighted by molar-refractivity contribution is 0.0926. The first-order valence-electron chi connectivity index (χ1n) is 11.8. The number of nitrogens with one attached hydrogen (secondary N) is 2. The van der Waals surface area contributed by atoms with Gasteiger partial charge in [-0.05, 0) is 60.7 Å². The minimum absolute atomic E-state index is 0.0788. The SMILES string of the molecule is O=C(Nc1ccc(N2CCc3ccccc3C2)c(C(=O)NC2CCCCC2)c1)c1ccco1. The average Bonchev–Trinajstić information content (AvgIpc) is 3.40. The quantitative estimate of drug-likeness (QED) is 0.571. The molecule has 1 aliphatic carbocycles. The Bertz CT molecular complexity index is 1130. The molecule has 6 heteroatoms. The Morgan fingerprint density at radius 1 is 0.909 bits per heavy atom. The van der Waals surface area contributed by atoms with Crippen molar-refractivity contribution in [2.75, 3.05) is 16.8 Å². The number of carbonyl (C=O) groups is 2. The van der Waals surface area contributed by atoms with Gasteiger partial charge in [0.2, 0.25) is 0 Å². The summed E-state index contributed by atoms with van der Waals surface area (Å²) < 4.78 is 5.20. The number of nitrogens with zero attached hydrogens (tertiary/aromatic N) is 1. The molecule has 6 nitrogen and oxygen atoms in total. The summed E-state index contributed by atoms with van der Waals surface area (Å²) in [5, 5.41) is 6.10. The molecule has 1 saturated carbocycles. The highest BCUT2D eigenvalue weighted by Crippen LogP contribution is 2.30. The van der Waals surface area contributed by atoms with Crippen molar-refractivity contribution < 1.29 is 14.0 Å². The van der Waals surface area contributed by atoms with Crippen LogP contribution in [0.5, 0.6) is 0 Å². The second-order valence-electron chi connectivity index (χ2n) is 8.91. The number of amides is 2. The molecule has 2 N–H and O–H groups in total. The van der Waals surface area contributed by atoms with Gasteiger partial charge in [-0.2, -0.15) is 0 Å². The summed E-state index contributed by atoms with van der Waals surface area (Å²) in [6.07, 6.45) is 7.99. The van der Waals surface area contributed by atoms with Crippen molar-refractivity contribution in [2.45, 2.75) is 51.1 Å². The van der Waals surface area contributed by atoms with Crippen LogP contribution in [0, 0.1) is 0 Å². The molecular weight excluding hydrogens is 414 g/mol. The molecule has 0 bridgehead atoms. The highest BCUT2D eigenvalue weighted by atomic mass is 16.3. The molecule has 2 heterocycles. The molecule has 2 aromatic carbocycles. The van der Waals surface area contributed by atoms with E-state index in [4.69, 9.17) is 4.42 Å². The highest BCUT2D eigenvalue weighted by molar-refractivity contribution is 6.05. The Morgan fingerprint density at radius 2 is 1.73 bits per heavy atom. The summed E-state index contributed by atoms with van der Waals surface area (Å²) in [7, 11) is 0. The van der Waals surface area contributed by atoms with Crippen LogP contribution in [0.25, 0.3) is 0 Å². The summed E-state index contributed by atoms with van der Waals surface area (Å²) in [6, 6.07) is 17.6. The number of furan rings is 1. The van der Waals surface area contributed by atoms with Crippen LogP contribution in [0.15, 0.2) is 65.3 Å². The smallest absolute Gasteiger partial charge is 0.291 e. The van der Waals surface area contributed by atoms with Crippen molar-refractivity contribution >= 4 is 23.2 Å². The molecule has 0 radical (unpaired) electrons. The van der Waals surface area contributed by atoms with Crippen LogP contribution < -0.4 is 15.5 Å². The predicted octanol–water partition coefficient (Wildman–Crippen LogP) is 5.16. The van der Waals surface area contributed by atoms with E-state index in [0.717, 1.165) is 50.9 Å². The Hall–Kier alpha value is -3.54. The largest absolute Gasteiger partial charge is 0.459 e. The van der Waals surface area contributed by atoms with Gasteiger partial charge in [0, 0.05) is 30.5 Å². The van der Waals surface area contributed by atoms with E-state index in [-0.39, 0.29) is 23.6 Å². The Morgan fingerprint density at radius 3 is 2.52 bits per heavy atom. The minimum Gasteiger partial charge on any atom is -0.459 e. The third kappa shape index (κ3) is 4.80. The molecule has 2 aliphatic rings. The molecule has 5 rings (SSSR count). The third-order valence-electron chi connectivity index (χ3n) is 6.66. The van der Waals surface area contributed by atoms with Gasteiger partial charge in [0.15, 0.2) is 5.76 Å². The normalized spacial score (nSPS) is 16.2. The van der Waals surface area contributed by atoms with E-state index in [1.165, 1.54) is 23.8 Å². The molecule has 0 saturated heterocycles. The van der Waals surface area contributed by atoms with E-state index in [9.17, 15) is 9.59 Å². The maximum Gasteiger partial charge on any atom is 0.291 e. The fraction of sp³-hybridized carbons (Fsp3) is 0.333. The van der Waals surface area contributed by atoms with Crippen molar-refractivity contribution in [2.24, 2.45) is 0 Å². The Kier molecular flexibility index (Phi) is 6.15. The maximum absolute atomic E-state index is 13.4. The van der Waals surface area contributed by atoms with Crippen LogP contribution in [0.1, 0.15) is 64.1 Å². The van der Waals surface area contributed by atoms with E-state index < -0.39 is 0 Å². The molecule has 33 heavy (non-hydrogen) atoms. The number of fused-ring (bicyclic) bond motifs is 1. The fourth-order valence-corrected chi connectivity index (χ4v) is 4.88. The van der Waals surface area contributed by atoms with E-state index in [0.29, 0.717) is 11.3 Å². The molecule has 2 amide bonds. The zero-order chi connectivity index (χ0) is 22.6. The topological polar surface area (TPSA) is 74.6 Å². The summed E-state index contributed by atoms with van der Waals surface area (Å²) in [4.78, 5) is 28.2. The van der Waals surface area contributed by atoms with Crippen molar-refractivity contribution in [1.82, 2.24) is 5.32 Å². The van der Waals surface area contributed by atoms with Crippen LogP contribution in [-0.4, -0.2) is 24.4 Å². The second kappa shape index (κ2) is 9.53. The first-order valence-corrected chi connectivity index (χ1v) is 11.8. The molecule has 1 fully saturated rings. The molecule has 0 unspecified atom stereocenters. The van der Waals surface area contributed by atoms with E-state index in [1.54, 1.807) is 18.2 Å². The van der Waals surface area contributed by atoms with E-state index in [2.05, 4.69) is 39.8 Å². The number of anilines is 2. The lowest BCUT2D eigenvalue weighted by atomic mass is 9.95. The third-order valence-corrected chi connectivity index (χ3v) is 6.66. The van der Waals surface area contributed by atoms with Gasteiger partial charge in [-0.1, -0.05) is 43.5 Å². The molecule has 0 atom stereocenters. The van der Waals surface area contributed by atoms with Gasteiger partial charge in [-0.25, -0.2) is 0 Å². The highest BCUT2D eigenvalue weighted by Gasteiger charge is 2.24. The van der Waals surface area contributed by atoms with Gasteiger partial charge < -0.3 is 20.0 Å². The van der Waals surface area contributed by atoms with Gasteiger partial charge >= 0.3 is 0 Å². The zero-order valence-corrected chi connectivity index (χ0v) is 18.7. The summed E-state index contributed by atoms with van der Waals surface area (Å²) in [5.74, 6) is -0.178. The van der Waals surface area contributed by atoms with Gasteiger partial charge in [0.25, 0.3) is 11.8 Å². The number of benzene rings is 2. The summed E-state index contributed by atoms with van der Waals surface area (Å²) >= 11 is 0. The molecule has 170 valence electrons. The minimum atomic E-state index is -0.335. The summed E-state index contributed by atoms with van der Waals surface area (Å²) in [6.45, 7) is 1.61. The van der Waals surface area contributed by atoms with Crippen LogP contribution >= 0.6 is 0 Å². The van der Waals surface area contributed by atoms with Gasteiger partial charge in [0.1, 0.15) is 0 Å². The first-order chi connectivity index (χ1) is 16.2. The van der Waals surface area contributed by atoms with E-state index >= 15 is 0 Å². The molecule has 1 aromatic heterocycles. The number of carbonyl (C=O) groups excluding carboxylic acids is 2. The van der Waals surface area contributed by atoms with Gasteiger partial charge in [-0.3, -0.25) is 9.59 Å². The molecular formula is C27H29N3O3. The van der Waals surface area contributed by atoms with Crippen molar-refractivity contribution in [3.05, 3.63) is 83.3 Å². The van der Waals surface area contributed by atoms with Crippen LogP contribution in [-0.2, 0) is 13.0 Å². The Balaban J connectivity index is 1.42. The monoisotopic (exact) mass is 443 g/mol. The Labute approximate surface area is 194 Å². The lowest BCUT2D eigenvalue weighted by Crippen LogP contribution is -2.38. The van der Waals surface area contributed by atoms with Gasteiger partial charge in [-0.15, -0.1) is 0 Å². The van der Waals surface area contributed by atoms with Crippen LogP contribution in [0.2, 0.25) is 0 Å². The lowest BCUT2D eigenvalue weighted by Gasteiger charge is -2.32. The fourth-order valence-electron chi connectivity index (χ4n) is 4.88. The molecule has 0 spiro atoms. The zero-order valence-electron chi connectivity index (χ0n) is 18.7. The molecule has 1 aliphatic heterocycles. The first kappa shape index (κ1) is 21.3. The van der Waals surface area contributed by atoms with Crippen molar-refractivity contribution in [3.8, 4) is 0 Å². The van der Waals surface area contributed by atoms with Gasteiger partial charge in [0.05, 0.1) is 11.8 Å². The van der Waals surface area contributed by atoms with Crippen LogP contribution in [0.3, 0.4) is 0 Å². The van der Waals surface area contributed by atoms with Crippen molar-refractivity contribution in [3.63, 3.8) is 0 Å². The average molecular weight is 444 g/mol. The number of hydrogen-bond acceptors (Lipinski definition) is 4. The second-order valence-corrected chi connectivity index (χ2v) is 8.91. The van der Waals surface area contributed by atoms with E-state index in [1.807, 2.05) is 12.1 Å². The standard InChI is InChI=1S/C27H29N3O3/c31-26(28-21-9-2-1-3-10-21)23-17-22(29-27(32)25-11-6-16-33-25)12-13-24(23)30-15-14-19-7-4-5-8-20(19)18-30/h4-8,11-13,16-17,21H,1-3,9-10,14-15,18H2,(H,28,31)(H,29,32). The molecule has 3 aromatic rings. The number of rotatable bonds is 5. The van der Waals surface area contributed by atoms with Crippen molar-refractivity contribution in [1.29, 1.82) is 0 Å². The number of hydrogen-bond donors (Lipinski definition) is 2. The maximum atomic E-state index is 13.4. The van der Waals surface area contributed by atoms with Crippen LogP contribution in [0.4, 0.5) is 11.4 Å². The summed E-state index contributed by atoms with van der Waals surface area (Å²) in [5.41, 5.74) is 4.72.